The Bertz CT molecular complexity index is 454. The third-order valence-corrected chi connectivity index (χ3v) is 2.66. The van der Waals surface area contributed by atoms with Gasteiger partial charge in [0.05, 0.1) is 12.7 Å². The zero-order valence-electron chi connectivity index (χ0n) is 10.5. The van der Waals surface area contributed by atoms with Gasteiger partial charge in [-0.05, 0) is 30.2 Å². The molecule has 0 amide bonds. The lowest BCUT2D eigenvalue weighted by atomic mass is 10.00. The van der Waals surface area contributed by atoms with Gasteiger partial charge in [0.15, 0.2) is 0 Å². The highest BCUT2D eigenvalue weighted by molar-refractivity contribution is 5.37. The van der Waals surface area contributed by atoms with E-state index in [4.69, 9.17) is 10.5 Å². The van der Waals surface area contributed by atoms with E-state index in [9.17, 15) is 26.3 Å². The van der Waals surface area contributed by atoms with E-state index in [1.165, 1.54) is 13.2 Å². The lowest BCUT2D eigenvalue weighted by Crippen LogP contribution is -2.17. The third-order valence-electron chi connectivity index (χ3n) is 2.66. The van der Waals surface area contributed by atoms with Gasteiger partial charge in [-0.15, -0.1) is 0 Å². The molecule has 0 saturated heterocycles. The van der Waals surface area contributed by atoms with Crippen LogP contribution in [0.25, 0.3) is 0 Å². The minimum absolute atomic E-state index is 0.0408. The van der Waals surface area contributed by atoms with E-state index in [1.807, 2.05) is 0 Å². The van der Waals surface area contributed by atoms with Gasteiger partial charge in [0.2, 0.25) is 0 Å². The maximum absolute atomic E-state index is 12.6. The van der Waals surface area contributed by atoms with Crippen LogP contribution >= 0.6 is 0 Å². The predicted octanol–water partition coefficient (Wildman–Crippen LogP) is 4.06. The van der Waals surface area contributed by atoms with Crippen LogP contribution in [-0.4, -0.2) is 13.3 Å². The summed E-state index contributed by atoms with van der Waals surface area (Å²) in [6.07, 6.45) is -10.7. The van der Waals surface area contributed by atoms with Gasteiger partial charge in [-0.3, -0.25) is 0 Å². The third kappa shape index (κ3) is 4.92. The Morgan fingerprint density at radius 2 is 1.70 bits per heavy atom. The molecule has 0 radical (unpaired) electrons. The molecule has 0 heterocycles. The lowest BCUT2D eigenvalue weighted by Gasteiger charge is -2.17. The molecule has 0 aliphatic heterocycles. The van der Waals surface area contributed by atoms with Crippen LogP contribution in [0.4, 0.5) is 26.3 Å². The SMILES string of the molecule is COc1cc([C@H](N)CCC(F)(F)F)cc(C(F)(F)F)c1. The molecule has 0 aliphatic carbocycles. The van der Waals surface area contributed by atoms with Crippen LogP contribution in [0, 0.1) is 0 Å². The van der Waals surface area contributed by atoms with Gasteiger partial charge in [0, 0.05) is 12.5 Å². The number of benzene rings is 1. The Labute approximate surface area is 111 Å². The fourth-order valence-electron chi connectivity index (χ4n) is 1.60. The van der Waals surface area contributed by atoms with Gasteiger partial charge in [0.1, 0.15) is 5.75 Å². The quantitative estimate of drug-likeness (QED) is 0.851. The predicted molar refractivity (Wildman–Crippen MR) is 60.2 cm³/mol. The van der Waals surface area contributed by atoms with Crippen LogP contribution in [0.2, 0.25) is 0 Å². The summed E-state index contributed by atoms with van der Waals surface area (Å²) >= 11 is 0. The molecule has 20 heavy (non-hydrogen) atoms. The summed E-state index contributed by atoms with van der Waals surface area (Å²) in [4.78, 5) is 0. The van der Waals surface area contributed by atoms with Crippen molar-refractivity contribution in [3.63, 3.8) is 0 Å². The van der Waals surface area contributed by atoms with E-state index in [1.54, 1.807) is 0 Å². The molecule has 2 nitrogen and oxygen atoms in total. The van der Waals surface area contributed by atoms with Crippen LogP contribution in [0.1, 0.15) is 30.0 Å². The molecule has 8 heteroatoms. The number of hydrogen-bond acceptors (Lipinski definition) is 2. The second kappa shape index (κ2) is 5.90. The first-order valence-electron chi connectivity index (χ1n) is 5.61. The Kier molecular flexibility index (Phi) is 4.90. The van der Waals surface area contributed by atoms with Crippen molar-refractivity contribution in [2.75, 3.05) is 7.11 Å². The molecule has 0 aliphatic rings. The maximum Gasteiger partial charge on any atom is 0.416 e. The van der Waals surface area contributed by atoms with Crippen LogP contribution in [0.15, 0.2) is 18.2 Å². The molecule has 1 aromatic rings. The Hall–Kier alpha value is -1.44. The van der Waals surface area contributed by atoms with E-state index in [0.29, 0.717) is 0 Å². The summed E-state index contributed by atoms with van der Waals surface area (Å²) in [5.74, 6) is -0.0997. The van der Waals surface area contributed by atoms with E-state index < -0.39 is 36.8 Å². The molecule has 1 atom stereocenters. The summed E-state index contributed by atoms with van der Waals surface area (Å²) in [5.41, 5.74) is 4.47. The first-order valence-corrected chi connectivity index (χ1v) is 5.61. The van der Waals surface area contributed by atoms with Crippen LogP contribution < -0.4 is 10.5 Å². The Balaban J connectivity index is 2.99. The van der Waals surface area contributed by atoms with Crippen molar-refractivity contribution in [2.45, 2.75) is 31.2 Å². The highest BCUT2D eigenvalue weighted by Crippen LogP contribution is 2.35. The second-order valence-corrected chi connectivity index (χ2v) is 4.25. The molecule has 0 spiro atoms. The van der Waals surface area contributed by atoms with E-state index in [0.717, 1.165) is 12.1 Å². The highest BCUT2D eigenvalue weighted by atomic mass is 19.4. The van der Waals surface area contributed by atoms with Gasteiger partial charge in [0.25, 0.3) is 0 Å². The molecule has 2 N–H and O–H groups in total. The van der Waals surface area contributed by atoms with Crippen molar-refractivity contribution in [3.05, 3.63) is 29.3 Å². The zero-order chi connectivity index (χ0) is 15.6. The van der Waals surface area contributed by atoms with Crippen LogP contribution in [0.3, 0.4) is 0 Å². The fourth-order valence-corrected chi connectivity index (χ4v) is 1.60. The first-order chi connectivity index (χ1) is 9.03. The van der Waals surface area contributed by atoms with Crippen molar-refractivity contribution in [3.8, 4) is 5.75 Å². The molecule has 0 fully saturated rings. The standard InChI is InChI=1S/C12H13F6NO/c1-20-9-5-7(4-8(6-9)12(16,17)18)10(19)2-3-11(13,14)15/h4-6,10H,2-3,19H2,1H3/t10-/m1/s1. The van der Waals surface area contributed by atoms with Crippen molar-refractivity contribution in [1.82, 2.24) is 0 Å². The number of halogens is 6. The summed E-state index contributed by atoms with van der Waals surface area (Å²) in [6, 6.07) is 1.56. The molecule has 0 bridgehead atoms. The van der Waals surface area contributed by atoms with Gasteiger partial charge in [-0.25, -0.2) is 0 Å². The smallest absolute Gasteiger partial charge is 0.416 e. The largest absolute Gasteiger partial charge is 0.497 e. The minimum atomic E-state index is -4.62. The topological polar surface area (TPSA) is 35.2 Å². The lowest BCUT2D eigenvalue weighted by molar-refractivity contribution is -0.138. The van der Waals surface area contributed by atoms with Gasteiger partial charge in [-0.2, -0.15) is 26.3 Å². The summed E-state index contributed by atoms with van der Waals surface area (Å²) in [5, 5.41) is 0. The molecule has 1 rings (SSSR count). The average molecular weight is 301 g/mol. The van der Waals surface area contributed by atoms with Crippen molar-refractivity contribution < 1.29 is 31.1 Å². The van der Waals surface area contributed by atoms with Gasteiger partial charge in [-0.1, -0.05) is 0 Å². The van der Waals surface area contributed by atoms with Crippen molar-refractivity contribution in [1.29, 1.82) is 0 Å². The van der Waals surface area contributed by atoms with Gasteiger partial charge < -0.3 is 10.5 Å². The number of ether oxygens (including phenoxy) is 1. The number of nitrogens with two attached hydrogens (primary N) is 1. The van der Waals surface area contributed by atoms with Gasteiger partial charge >= 0.3 is 12.4 Å². The summed E-state index contributed by atoms with van der Waals surface area (Å²) in [6.45, 7) is 0. The maximum atomic E-state index is 12.6. The van der Waals surface area contributed by atoms with Crippen molar-refractivity contribution >= 4 is 0 Å². The molecule has 0 aromatic heterocycles. The Morgan fingerprint density at radius 3 is 2.15 bits per heavy atom. The van der Waals surface area contributed by atoms with Crippen molar-refractivity contribution in [2.24, 2.45) is 5.73 Å². The average Bonchev–Trinajstić information content (AvgIpc) is 2.33. The molecular formula is C12H13F6NO. The Morgan fingerprint density at radius 1 is 1.10 bits per heavy atom. The van der Waals surface area contributed by atoms with Crippen LogP contribution in [0.5, 0.6) is 5.75 Å². The first kappa shape index (κ1) is 16.6. The normalized spacial score (nSPS) is 14.2. The number of alkyl halides is 6. The minimum Gasteiger partial charge on any atom is -0.497 e. The van der Waals surface area contributed by atoms with E-state index >= 15 is 0 Å². The molecule has 1 aromatic carbocycles. The van der Waals surface area contributed by atoms with E-state index in [-0.39, 0.29) is 11.3 Å². The van der Waals surface area contributed by atoms with E-state index in [2.05, 4.69) is 0 Å². The second-order valence-electron chi connectivity index (χ2n) is 4.25. The monoisotopic (exact) mass is 301 g/mol. The zero-order valence-corrected chi connectivity index (χ0v) is 10.5. The van der Waals surface area contributed by atoms with Crippen LogP contribution in [-0.2, 0) is 6.18 Å². The molecular weight excluding hydrogens is 288 g/mol. The number of hydrogen-bond donors (Lipinski definition) is 1. The molecule has 114 valence electrons. The number of rotatable bonds is 4. The fraction of sp³-hybridized carbons (Fsp3) is 0.500. The highest BCUT2D eigenvalue weighted by Gasteiger charge is 2.32. The molecule has 0 saturated carbocycles. The summed E-state index contributed by atoms with van der Waals surface area (Å²) < 4.78 is 78.9. The molecule has 0 unspecified atom stereocenters. The number of methoxy groups -OCH3 is 1. The summed E-state index contributed by atoms with van der Waals surface area (Å²) in [7, 11) is 1.17.